The molecule has 1 aliphatic rings. The van der Waals surface area contributed by atoms with Crippen LogP contribution >= 0.6 is 0 Å². The molecular formula is C14H17FN2O4. The number of aliphatic hydroxyl groups excluding tert-OH is 1. The van der Waals surface area contributed by atoms with Crippen LogP contribution in [0.25, 0.3) is 0 Å². The number of carbonyl (C=O) groups is 2. The number of hydrogen-bond donors (Lipinski definition) is 4. The molecule has 21 heavy (non-hydrogen) atoms. The highest BCUT2D eigenvalue weighted by Crippen LogP contribution is 2.19. The molecule has 1 saturated carbocycles. The number of carbonyl (C=O) groups excluding carboxylic acids is 1. The molecule has 1 aromatic rings. The lowest BCUT2D eigenvalue weighted by molar-refractivity contribution is 0.0692. The number of anilines is 1. The molecule has 2 rings (SSSR count). The number of aromatic carboxylic acids is 1. The lowest BCUT2D eigenvalue weighted by Gasteiger charge is -2.28. The number of hydrogen-bond acceptors (Lipinski definition) is 3. The number of urea groups is 1. The zero-order chi connectivity index (χ0) is 15.4. The van der Waals surface area contributed by atoms with Crippen LogP contribution in [0.3, 0.4) is 0 Å². The van der Waals surface area contributed by atoms with Crippen molar-refractivity contribution >= 4 is 17.7 Å². The largest absolute Gasteiger partial charge is 0.478 e. The van der Waals surface area contributed by atoms with Crippen molar-refractivity contribution in [2.24, 2.45) is 0 Å². The summed E-state index contributed by atoms with van der Waals surface area (Å²) in [5.41, 5.74) is -0.302. The Kier molecular flexibility index (Phi) is 4.74. The number of carboxylic acid groups (broad SMARTS) is 1. The Bertz CT molecular complexity index is 550. The van der Waals surface area contributed by atoms with E-state index in [4.69, 9.17) is 5.11 Å². The summed E-state index contributed by atoms with van der Waals surface area (Å²) < 4.78 is 13.5. The highest BCUT2D eigenvalue weighted by molar-refractivity contribution is 5.91. The molecule has 2 atom stereocenters. The van der Waals surface area contributed by atoms with Crippen LogP contribution in [0.4, 0.5) is 14.9 Å². The molecule has 0 aliphatic heterocycles. The molecule has 0 bridgehead atoms. The normalized spacial score (nSPS) is 21.6. The molecule has 1 aliphatic carbocycles. The fourth-order valence-corrected chi connectivity index (χ4v) is 2.38. The number of amides is 2. The highest BCUT2D eigenvalue weighted by atomic mass is 19.1. The zero-order valence-corrected chi connectivity index (χ0v) is 11.3. The Morgan fingerprint density at radius 2 is 1.95 bits per heavy atom. The van der Waals surface area contributed by atoms with Crippen LogP contribution in [-0.2, 0) is 0 Å². The summed E-state index contributed by atoms with van der Waals surface area (Å²) in [6.07, 6.45) is 2.64. The predicted octanol–water partition coefficient (Wildman–Crippen LogP) is 1.95. The third kappa shape index (κ3) is 3.91. The molecule has 4 N–H and O–H groups in total. The molecule has 0 aromatic heterocycles. The monoisotopic (exact) mass is 296 g/mol. The van der Waals surface area contributed by atoms with Gasteiger partial charge in [-0.05, 0) is 31.0 Å². The Labute approximate surface area is 121 Å². The second kappa shape index (κ2) is 6.53. The maximum atomic E-state index is 13.5. The van der Waals surface area contributed by atoms with Crippen LogP contribution < -0.4 is 10.6 Å². The van der Waals surface area contributed by atoms with E-state index in [1.807, 2.05) is 0 Å². The molecule has 2 amide bonds. The van der Waals surface area contributed by atoms with Crippen molar-refractivity contribution in [3.05, 3.63) is 29.6 Å². The highest BCUT2D eigenvalue weighted by Gasteiger charge is 2.24. The van der Waals surface area contributed by atoms with Crippen LogP contribution in [0.15, 0.2) is 18.2 Å². The van der Waals surface area contributed by atoms with Gasteiger partial charge >= 0.3 is 12.0 Å². The fourth-order valence-electron chi connectivity index (χ4n) is 2.38. The summed E-state index contributed by atoms with van der Waals surface area (Å²) in [4.78, 5) is 22.5. The van der Waals surface area contributed by atoms with Crippen molar-refractivity contribution in [3.8, 4) is 0 Å². The van der Waals surface area contributed by atoms with Crippen LogP contribution in [0.5, 0.6) is 0 Å². The van der Waals surface area contributed by atoms with Gasteiger partial charge in [0.25, 0.3) is 0 Å². The van der Waals surface area contributed by atoms with Crippen LogP contribution in [0.1, 0.15) is 36.0 Å². The smallest absolute Gasteiger partial charge is 0.338 e. The average molecular weight is 296 g/mol. The van der Waals surface area contributed by atoms with Gasteiger partial charge in [-0.1, -0.05) is 12.8 Å². The first-order valence-electron chi connectivity index (χ1n) is 6.76. The molecule has 1 fully saturated rings. The minimum Gasteiger partial charge on any atom is -0.478 e. The number of benzene rings is 1. The van der Waals surface area contributed by atoms with Gasteiger partial charge < -0.3 is 20.8 Å². The van der Waals surface area contributed by atoms with Gasteiger partial charge in [0.2, 0.25) is 0 Å². The molecule has 0 radical (unpaired) electrons. The maximum absolute atomic E-state index is 13.5. The van der Waals surface area contributed by atoms with Gasteiger partial charge in [-0.2, -0.15) is 0 Å². The van der Waals surface area contributed by atoms with Crippen molar-refractivity contribution < 1.29 is 24.2 Å². The number of nitrogens with one attached hydrogen (secondary N) is 2. The molecule has 0 heterocycles. The van der Waals surface area contributed by atoms with Gasteiger partial charge in [0.15, 0.2) is 0 Å². The van der Waals surface area contributed by atoms with Gasteiger partial charge in [0.1, 0.15) is 5.82 Å². The van der Waals surface area contributed by atoms with Crippen LogP contribution in [0.2, 0.25) is 0 Å². The third-order valence-electron chi connectivity index (χ3n) is 3.50. The minimum absolute atomic E-state index is 0.153. The van der Waals surface area contributed by atoms with Gasteiger partial charge in [0, 0.05) is 5.69 Å². The SMILES string of the molecule is O=C(Nc1ccc(C(=O)O)c(F)c1)NC1CCCCC1O. The predicted molar refractivity (Wildman–Crippen MR) is 73.8 cm³/mol. The van der Waals surface area contributed by atoms with Crippen LogP contribution in [0, 0.1) is 5.82 Å². The average Bonchev–Trinajstić information content (AvgIpc) is 2.41. The Hall–Kier alpha value is -2.15. The zero-order valence-electron chi connectivity index (χ0n) is 11.3. The van der Waals surface area contributed by atoms with Gasteiger partial charge in [-0.3, -0.25) is 0 Å². The van der Waals surface area contributed by atoms with E-state index in [0.29, 0.717) is 12.8 Å². The van der Waals surface area contributed by atoms with Gasteiger partial charge in [-0.25, -0.2) is 14.0 Å². The summed E-state index contributed by atoms with van der Waals surface area (Å²) in [6.45, 7) is 0. The van der Waals surface area contributed by atoms with Crippen molar-refractivity contribution in [3.63, 3.8) is 0 Å². The Morgan fingerprint density at radius 1 is 1.24 bits per heavy atom. The quantitative estimate of drug-likeness (QED) is 0.685. The molecule has 0 spiro atoms. The third-order valence-corrected chi connectivity index (χ3v) is 3.50. The van der Waals surface area contributed by atoms with Crippen molar-refractivity contribution in [2.45, 2.75) is 37.8 Å². The van der Waals surface area contributed by atoms with E-state index in [9.17, 15) is 19.1 Å². The van der Waals surface area contributed by atoms with E-state index in [1.54, 1.807) is 0 Å². The number of aliphatic hydroxyl groups is 1. The van der Waals surface area contributed by atoms with Crippen molar-refractivity contribution in [2.75, 3.05) is 5.32 Å². The van der Waals surface area contributed by atoms with Crippen molar-refractivity contribution in [1.82, 2.24) is 5.32 Å². The lowest BCUT2D eigenvalue weighted by Crippen LogP contribution is -2.46. The first-order valence-corrected chi connectivity index (χ1v) is 6.76. The molecule has 0 saturated heterocycles. The number of halogens is 1. The summed E-state index contributed by atoms with van der Waals surface area (Å²) in [5.74, 6) is -2.29. The van der Waals surface area contributed by atoms with Crippen molar-refractivity contribution in [1.29, 1.82) is 0 Å². The topological polar surface area (TPSA) is 98.7 Å². The first kappa shape index (κ1) is 15.2. The standard InChI is InChI=1S/C14H17FN2O4/c15-10-7-8(5-6-9(10)13(19)20)16-14(21)17-11-3-1-2-4-12(11)18/h5-7,11-12,18H,1-4H2,(H,19,20)(H2,16,17,21). The molecule has 7 heteroatoms. The van der Waals surface area contributed by atoms with E-state index in [2.05, 4.69) is 10.6 Å². The van der Waals surface area contributed by atoms with E-state index < -0.39 is 29.5 Å². The van der Waals surface area contributed by atoms with E-state index >= 15 is 0 Å². The molecule has 1 aromatic carbocycles. The first-order chi connectivity index (χ1) is 9.97. The lowest BCUT2D eigenvalue weighted by atomic mass is 9.93. The second-order valence-electron chi connectivity index (χ2n) is 5.06. The summed E-state index contributed by atoms with van der Waals surface area (Å²) in [7, 11) is 0. The second-order valence-corrected chi connectivity index (χ2v) is 5.06. The van der Waals surface area contributed by atoms with Gasteiger partial charge in [0.05, 0.1) is 17.7 Å². The van der Waals surface area contributed by atoms with Crippen LogP contribution in [-0.4, -0.2) is 34.4 Å². The summed E-state index contributed by atoms with van der Waals surface area (Å²) in [5, 5.41) is 23.5. The Morgan fingerprint density at radius 3 is 2.57 bits per heavy atom. The fraction of sp³-hybridized carbons (Fsp3) is 0.429. The van der Waals surface area contributed by atoms with Gasteiger partial charge in [-0.15, -0.1) is 0 Å². The molecule has 6 nitrogen and oxygen atoms in total. The minimum atomic E-state index is -1.37. The maximum Gasteiger partial charge on any atom is 0.338 e. The molecule has 2 unspecified atom stereocenters. The van der Waals surface area contributed by atoms with E-state index in [-0.39, 0.29) is 11.7 Å². The Balaban J connectivity index is 1.96. The summed E-state index contributed by atoms with van der Waals surface area (Å²) in [6, 6.07) is 2.47. The summed E-state index contributed by atoms with van der Waals surface area (Å²) >= 11 is 0. The molecular weight excluding hydrogens is 279 g/mol. The van der Waals surface area contributed by atoms with E-state index in [0.717, 1.165) is 25.0 Å². The number of rotatable bonds is 3. The molecule has 114 valence electrons. The van der Waals surface area contributed by atoms with E-state index in [1.165, 1.54) is 6.07 Å². The number of carboxylic acids is 1.